The van der Waals surface area contributed by atoms with E-state index in [4.69, 9.17) is 6.42 Å². The van der Waals surface area contributed by atoms with Gasteiger partial charge in [-0.3, -0.25) is 0 Å². The van der Waals surface area contributed by atoms with Crippen LogP contribution < -0.4 is 5.32 Å². The largest absolute Gasteiger partial charge is 0.356 e. The molecule has 0 fully saturated rings. The number of aromatic nitrogens is 2. The second-order valence-corrected chi connectivity index (χ2v) is 2.77. The first-order chi connectivity index (χ1) is 6.38. The van der Waals surface area contributed by atoms with Gasteiger partial charge < -0.3 is 9.88 Å². The average Bonchev–Trinajstić information content (AvgIpc) is 2.60. The lowest BCUT2D eigenvalue weighted by molar-refractivity contribution is 0.757. The molecule has 0 spiro atoms. The van der Waals surface area contributed by atoms with Crippen molar-refractivity contribution in [3.05, 3.63) is 12.4 Å². The van der Waals surface area contributed by atoms with E-state index in [1.165, 1.54) is 0 Å². The molecule has 1 aromatic rings. The van der Waals surface area contributed by atoms with Crippen LogP contribution in [-0.4, -0.2) is 16.1 Å². The Hall–Kier alpha value is -1.43. The molecule has 0 aromatic carbocycles. The summed E-state index contributed by atoms with van der Waals surface area (Å²) in [6, 6.07) is 0. The van der Waals surface area contributed by atoms with Gasteiger partial charge in [-0.05, 0) is 13.3 Å². The lowest BCUT2D eigenvalue weighted by atomic mass is 10.3. The Bertz CT molecular complexity index is 283. The van der Waals surface area contributed by atoms with Crippen LogP contribution in [0.15, 0.2) is 12.4 Å². The number of nitrogens with zero attached hydrogens (tertiary/aromatic N) is 2. The molecule has 0 aliphatic carbocycles. The predicted molar refractivity (Wildman–Crippen MR) is 54.5 cm³/mol. The summed E-state index contributed by atoms with van der Waals surface area (Å²) in [6.45, 7) is 3.92. The molecule has 0 unspecified atom stereocenters. The summed E-state index contributed by atoms with van der Waals surface area (Å²) < 4.78 is 2.07. The average molecular weight is 177 g/mol. The smallest absolute Gasteiger partial charge is 0.202 e. The fraction of sp³-hybridized carbons (Fsp3) is 0.500. The maximum atomic E-state index is 5.15. The molecule has 0 amide bonds. The van der Waals surface area contributed by atoms with Crippen LogP contribution in [0, 0.1) is 12.3 Å². The van der Waals surface area contributed by atoms with Crippen LogP contribution in [0.3, 0.4) is 0 Å². The van der Waals surface area contributed by atoms with Crippen molar-refractivity contribution in [1.29, 1.82) is 0 Å². The first-order valence-electron chi connectivity index (χ1n) is 4.57. The van der Waals surface area contributed by atoms with Crippen molar-refractivity contribution >= 4 is 5.95 Å². The van der Waals surface area contributed by atoms with E-state index in [0.717, 1.165) is 31.9 Å². The van der Waals surface area contributed by atoms with Gasteiger partial charge in [-0.1, -0.05) is 0 Å². The fourth-order valence-corrected chi connectivity index (χ4v) is 1.12. The summed E-state index contributed by atoms with van der Waals surface area (Å²) in [7, 11) is 0. The topological polar surface area (TPSA) is 29.9 Å². The van der Waals surface area contributed by atoms with Gasteiger partial charge in [0.05, 0.1) is 0 Å². The number of unbranched alkanes of at least 4 members (excludes halogenated alkanes) is 1. The van der Waals surface area contributed by atoms with E-state index in [2.05, 4.69) is 27.7 Å². The van der Waals surface area contributed by atoms with Gasteiger partial charge in [0.15, 0.2) is 0 Å². The summed E-state index contributed by atoms with van der Waals surface area (Å²) >= 11 is 0. The fourth-order valence-electron chi connectivity index (χ4n) is 1.12. The summed E-state index contributed by atoms with van der Waals surface area (Å²) in [5, 5.41) is 3.24. The number of anilines is 1. The molecule has 1 aromatic heterocycles. The van der Waals surface area contributed by atoms with Crippen LogP contribution in [0.4, 0.5) is 5.95 Å². The van der Waals surface area contributed by atoms with Crippen molar-refractivity contribution in [3.63, 3.8) is 0 Å². The molecule has 3 nitrogen and oxygen atoms in total. The maximum Gasteiger partial charge on any atom is 0.202 e. The summed E-state index contributed by atoms with van der Waals surface area (Å²) in [6.07, 6.45) is 10.7. The Balaban J connectivity index is 2.32. The summed E-state index contributed by atoms with van der Waals surface area (Å²) in [5.74, 6) is 3.54. The van der Waals surface area contributed by atoms with E-state index >= 15 is 0 Å². The van der Waals surface area contributed by atoms with E-state index in [1.54, 1.807) is 6.20 Å². The van der Waals surface area contributed by atoms with Crippen LogP contribution in [0.5, 0.6) is 0 Å². The Morgan fingerprint density at radius 2 is 2.54 bits per heavy atom. The minimum absolute atomic E-state index is 0.819. The highest BCUT2D eigenvalue weighted by molar-refractivity contribution is 5.25. The zero-order valence-electron chi connectivity index (χ0n) is 7.95. The number of hydrogen-bond donors (Lipinski definition) is 1. The highest BCUT2D eigenvalue weighted by Gasteiger charge is 1.97. The minimum Gasteiger partial charge on any atom is -0.356 e. The van der Waals surface area contributed by atoms with Crippen LogP contribution in [0.2, 0.25) is 0 Å². The molecular weight excluding hydrogens is 162 g/mol. The second-order valence-electron chi connectivity index (χ2n) is 2.77. The number of rotatable bonds is 5. The molecule has 70 valence electrons. The summed E-state index contributed by atoms with van der Waals surface area (Å²) in [5.41, 5.74) is 0. The van der Waals surface area contributed by atoms with Gasteiger partial charge in [-0.25, -0.2) is 4.98 Å². The normalized spacial score (nSPS) is 9.54. The quantitative estimate of drug-likeness (QED) is 0.548. The standard InChI is InChI=1S/C10H15N3/c1-3-5-6-7-11-10-12-8-9-13(10)4-2/h1,8-9H,4-7H2,2H3,(H,11,12). The molecule has 0 saturated heterocycles. The van der Waals surface area contributed by atoms with Crippen molar-refractivity contribution in [3.8, 4) is 12.3 Å². The van der Waals surface area contributed by atoms with Crippen molar-refractivity contribution < 1.29 is 0 Å². The molecule has 0 atom stereocenters. The predicted octanol–water partition coefficient (Wildman–Crippen LogP) is 1.73. The first-order valence-corrected chi connectivity index (χ1v) is 4.57. The second kappa shape index (κ2) is 5.26. The van der Waals surface area contributed by atoms with Gasteiger partial charge in [-0.2, -0.15) is 0 Å². The molecular formula is C10H15N3. The Labute approximate surface area is 79.2 Å². The third-order valence-electron chi connectivity index (χ3n) is 1.84. The van der Waals surface area contributed by atoms with Crippen molar-refractivity contribution in [2.75, 3.05) is 11.9 Å². The van der Waals surface area contributed by atoms with Crippen LogP contribution in [-0.2, 0) is 6.54 Å². The van der Waals surface area contributed by atoms with Crippen molar-refractivity contribution in [2.45, 2.75) is 26.3 Å². The Kier molecular flexibility index (Phi) is 3.90. The van der Waals surface area contributed by atoms with Gasteiger partial charge in [-0.15, -0.1) is 12.3 Å². The molecule has 3 heteroatoms. The number of aryl methyl sites for hydroxylation is 1. The lowest BCUT2D eigenvalue weighted by Gasteiger charge is -2.06. The number of imidazole rings is 1. The molecule has 0 aliphatic rings. The first kappa shape index (κ1) is 9.66. The van der Waals surface area contributed by atoms with Crippen LogP contribution >= 0.6 is 0 Å². The van der Waals surface area contributed by atoms with E-state index in [0.29, 0.717) is 0 Å². The van der Waals surface area contributed by atoms with Crippen LogP contribution in [0.1, 0.15) is 19.8 Å². The van der Waals surface area contributed by atoms with Gasteiger partial charge in [0.1, 0.15) is 0 Å². The minimum atomic E-state index is 0.819. The highest BCUT2D eigenvalue weighted by Crippen LogP contribution is 2.03. The van der Waals surface area contributed by atoms with Gasteiger partial charge >= 0.3 is 0 Å². The SMILES string of the molecule is C#CCCCNc1nccn1CC. The highest BCUT2D eigenvalue weighted by atomic mass is 15.2. The van der Waals surface area contributed by atoms with Crippen molar-refractivity contribution in [1.82, 2.24) is 9.55 Å². The number of nitrogens with one attached hydrogen (secondary N) is 1. The molecule has 1 N–H and O–H groups in total. The Morgan fingerprint density at radius 3 is 3.23 bits per heavy atom. The van der Waals surface area contributed by atoms with Gasteiger partial charge in [0.25, 0.3) is 0 Å². The lowest BCUT2D eigenvalue weighted by Crippen LogP contribution is -2.07. The molecule has 1 heterocycles. The molecule has 0 radical (unpaired) electrons. The van der Waals surface area contributed by atoms with Crippen molar-refractivity contribution in [2.24, 2.45) is 0 Å². The molecule has 0 saturated carbocycles. The van der Waals surface area contributed by atoms with E-state index < -0.39 is 0 Å². The molecule has 0 aliphatic heterocycles. The van der Waals surface area contributed by atoms with E-state index in [1.807, 2.05) is 6.20 Å². The van der Waals surface area contributed by atoms with E-state index in [-0.39, 0.29) is 0 Å². The van der Waals surface area contributed by atoms with Crippen LogP contribution in [0.25, 0.3) is 0 Å². The third-order valence-corrected chi connectivity index (χ3v) is 1.84. The molecule has 13 heavy (non-hydrogen) atoms. The molecule has 0 bridgehead atoms. The van der Waals surface area contributed by atoms with Gasteiger partial charge in [0, 0.05) is 31.9 Å². The van der Waals surface area contributed by atoms with E-state index in [9.17, 15) is 0 Å². The monoisotopic (exact) mass is 177 g/mol. The molecule has 1 rings (SSSR count). The maximum absolute atomic E-state index is 5.15. The van der Waals surface area contributed by atoms with Gasteiger partial charge in [0.2, 0.25) is 5.95 Å². The number of terminal acetylenes is 1. The zero-order chi connectivity index (χ0) is 9.52. The Morgan fingerprint density at radius 1 is 1.69 bits per heavy atom. The number of hydrogen-bond acceptors (Lipinski definition) is 2. The zero-order valence-corrected chi connectivity index (χ0v) is 7.95. The third kappa shape index (κ3) is 2.83. The summed E-state index contributed by atoms with van der Waals surface area (Å²) in [4.78, 5) is 4.18.